The predicted molar refractivity (Wildman–Crippen MR) is 100 cm³/mol. The lowest BCUT2D eigenvalue weighted by Crippen LogP contribution is -2.41. The molecule has 0 aliphatic carbocycles. The van der Waals surface area contributed by atoms with Crippen molar-refractivity contribution in [2.45, 2.75) is 38.6 Å². The molecule has 2 atom stereocenters. The lowest BCUT2D eigenvalue weighted by Gasteiger charge is -2.25. The molecule has 1 aliphatic heterocycles. The number of thiophene rings is 1. The lowest BCUT2D eigenvalue weighted by atomic mass is 9.96. The van der Waals surface area contributed by atoms with Crippen molar-refractivity contribution in [2.75, 3.05) is 13.1 Å². The van der Waals surface area contributed by atoms with E-state index in [9.17, 15) is 4.79 Å². The minimum atomic E-state index is -0.0550. The van der Waals surface area contributed by atoms with Crippen molar-refractivity contribution in [1.29, 1.82) is 0 Å². The second kappa shape index (κ2) is 7.95. The van der Waals surface area contributed by atoms with Crippen LogP contribution in [0, 0.1) is 5.92 Å². The summed E-state index contributed by atoms with van der Waals surface area (Å²) in [6.45, 7) is 6.21. The fraction of sp³-hybridized carbons (Fsp3) is 0.450. The topological polar surface area (TPSA) is 41.1 Å². The van der Waals surface area contributed by atoms with Crippen LogP contribution in [0.3, 0.4) is 0 Å². The number of carbonyl (C=O) groups excluding carboxylic acids is 1. The third-order valence-corrected chi connectivity index (χ3v) is 5.66. The van der Waals surface area contributed by atoms with E-state index in [1.54, 1.807) is 11.3 Å². The maximum Gasteiger partial charge on any atom is 0.225 e. The second-order valence-corrected chi connectivity index (χ2v) is 7.80. The molecule has 2 unspecified atom stereocenters. The lowest BCUT2D eigenvalue weighted by molar-refractivity contribution is -0.126. The Morgan fingerprint density at radius 2 is 1.96 bits per heavy atom. The number of piperidine rings is 1. The van der Waals surface area contributed by atoms with Gasteiger partial charge in [0.1, 0.15) is 0 Å². The molecule has 1 aromatic carbocycles. The summed E-state index contributed by atoms with van der Waals surface area (Å²) in [5.41, 5.74) is 2.48. The van der Waals surface area contributed by atoms with Gasteiger partial charge in [-0.2, -0.15) is 0 Å². The summed E-state index contributed by atoms with van der Waals surface area (Å²) in [7, 11) is 0. The summed E-state index contributed by atoms with van der Waals surface area (Å²) in [4.78, 5) is 13.9. The van der Waals surface area contributed by atoms with Crippen LogP contribution in [-0.2, 0) is 4.79 Å². The first-order valence-corrected chi connectivity index (χ1v) is 9.67. The first-order valence-electron chi connectivity index (χ1n) is 8.79. The number of rotatable bonds is 5. The standard InChI is InChI=1S/C20H26N2OS/c1-14(2)15-7-9-16(10-8-15)19(18-6-4-12-24-18)22-20(23)17-5-3-11-21-13-17/h4,6-10,12,14,17,19,21H,3,5,11,13H2,1-2H3,(H,22,23). The molecule has 1 fully saturated rings. The summed E-state index contributed by atoms with van der Waals surface area (Å²) < 4.78 is 0. The van der Waals surface area contributed by atoms with Crippen LogP contribution in [0.5, 0.6) is 0 Å². The summed E-state index contributed by atoms with van der Waals surface area (Å²) in [5.74, 6) is 0.756. The third-order valence-electron chi connectivity index (χ3n) is 4.72. The van der Waals surface area contributed by atoms with Gasteiger partial charge < -0.3 is 10.6 Å². The Morgan fingerprint density at radius 3 is 2.54 bits per heavy atom. The van der Waals surface area contributed by atoms with Crippen LogP contribution in [-0.4, -0.2) is 19.0 Å². The van der Waals surface area contributed by atoms with Crippen molar-refractivity contribution < 1.29 is 4.79 Å². The third kappa shape index (κ3) is 4.05. The molecule has 4 heteroatoms. The number of hydrogen-bond acceptors (Lipinski definition) is 3. The Bertz CT molecular complexity index is 643. The Hall–Kier alpha value is -1.65. The van der Waals surface area contributed by atoms with Gasteiger partial charge in [-0.25, -0.2) is 0 Å². The van der Waals surface area contributed by atoms with Crippen molar-refractivity contribution in [3.05, 3.63) is 57.8 Å². The molecule has 0 bridgehead atoms. The van der Waals surface area contributed by atoms with Gasteiger partial charge in [0.05, 0.1) is 12.0 Å². The molecule has 1 aromatic heterocycles. The number of hydrogen-bond donors (Lipinski definition) is 2. The zero-order chi connectivity index (χ0) is 16.9. The fourth-order valence-corrected chi connectivity index (χ4v) is 3.99. The van der Waals surface area contributed by atoms with Gasteiger partial charge in [-0.05, 0) is 47.9 Å². The predicted octanol–water partition coefficient (Wildman–Crippen LogP) is 4.08. The summed E-state index contributed by atoms with van der Waals surface area (Å²) in [5, 5.41) is 8.68. The van der Waals surface area contributed by atoms with Gasteiger partial charge in [0.15, 0.2) is 0 Å². The fourth-order valence-electron chi connectivity index (χ4n) is 3.18. The van der Waals surface area contributed by atoms with E-state index in [0.717, 1.165) is 31.5 Å². The Morgan fingerprint density at radius 1 is 1.21 bits per heavy atom. The highest BCUT2D eigenvalue weighted by Gasteiger charge is 2.25. The Labute approximate surface area is 148 Å². The molecule has 128 valence electrons. The Balaban J connectivity index is 1.80. The molecular weight excluding hydrogens is 316 g/mol. The van der Waals surface area contributed by atoms with Crippen LogP contribution in [0.4, 0.5) is 0 Å². The van der Waals surface area contributed by atoms with Gasteiger partial charge in [-0.3, -0.25) is 4.79 Å². The molecule has 3 rings (SSSR count). The quantitative estimate of drug-likeness (QED) is 0.860. The molecule has 2 N–H and O–H groups in total. The average molecular weight is 343 g/mol. The molecule has 3 nitrogen and oxygen atoms in total. The summed E-state index contributed by atoms with van der Waals surface area (Å²) in [6, 6.07) is 12.7. The molecule has 1 aliphatic rings. The monoisotopic (exact) mass is 342 g/mol. The van der Waals surface area contributed by atoms with Gasteiger partial charge in [-0.15, -0.1) is 11.3 Å². The largest absolute Gasteiger partial charge is 0.344 e. The second-order valence-electron chi connectivity index (χ2n) is 6.82. The summed E-state index contributed by atoms with van der Waals surface area (Å²) >= 11 is 1.69. The molecule has 1 saturated heterocycles. The van der Waals surface area contributed by atoms with E-state index < -0.39 is 0 Å². The van der Waals surface area contributed by atoms with Crippen LogP contribution < -0.4 is 10.6 Å². The molecule has 24 heavy (non-hydrogen) atoms. The molecule has 2 heterocycles. The van der Waals surface area contributed by atoms with E-state index in [4.69, 9.17) is 0 Å². The average Bonchev–Trinajstić information content (AvgIpc) is 3.14. The number of benzene rings is 1. The zero-order valence-corrected chi connectivity index (χ0v) is 15.2. The highest BCUT2D eigenvalue weighted by Crippen LogP contribution is 2.28. The van der Waals surface area contributed by atoms with Crippen molar-refractivity contribution in [3.8, 4) is 0 Å². The van der Waals surface area contributed by atoms with E-state index in [-0.39, 0.29) is 17.9 Å². The van der Waals surface area contributed by atoms with E-state index in [1.807, 2.05) is 6.07 Å². The normalized spacial score (nSPS) is 19.2. The minimum absolute atomic E-state index is 0.0550. The molecule has 0 saturated carbocycles. The van der Waals surface area contributed by atoms with Crippen molar-refractivity contribution in [3.63, 3.8) is 0 Å². The maximum atomic E-state index is 12.7. The molecule has 1 amide bonds. The summed E-state index contributed by atoms with van der Waals surface area (Å²) in [6.07, 6.45) is 2.05. The highest BCUT2D eigenvalue weighted by atomic mass is 32.1. The van der Waals surface area contributed by atoms with Gasteiger partial charge in [0.2, 0.25) is 5.91 Å². The van der Waals surface area contributed by atoms with Crippen molar-refractivity contribution in [1.82, 2.24) is 10.6 Å². The van der Waals surface area contributed by atoms with Crippen LogP contribution in [0.25, 0.3) is 0 Å². The first-order chi connectivity index (χ1) is 11.6. The smallest absolute Gasteiger partial charge is 0.225 e. The van der Waals surface area contributed by atoms with Gasteiger partial charge in [0.25, 0.3) is 0 Å². The zero-order valence-electron chi connectivity index (χ0n) is 14.4. The van der Waals surface area contributed by atoms with Crippen LogP contribution in [0.1, 0.15) is 54.7 Å². The van der Waals surface area contributed by atoms with Gasteiger partial charge in [0, 0.05) is 11.4 Å². The van der Waals surface area contributed by atoms with E-state index in [1.165, 1.54) is 10.4 Å². The molecule has 2 aromatic rings. The number of nitrogens with one attached hydrogen (secondary N) is 2. The van der Waals surface area contributed by atoms with E-state index in [2.05, 4.69) is 60.2 Å². The van der Waals surface area contributed by atoms with Crippen LogP contribution in [0.15, 0.2) is 41.8 Å². The van der Waals surface area contributed by atoms with Crippen molar-refractivity contribution >= 4 is 17.2 Å². The minimum Gasteiger partial charge on any atom is -0.344 e. The molecule has 0 spiro atoms. The Kier molecular flexibility index (Phi) is 5.69. The van der Waals surface area contributed by atoms with Crippen LogP contribution >= 0.6 is 11.3 Å². The van der Waals surface area contributed by atoms with Crippen molar-refractivity contribution in [2.24, 2.45) is 5.92 Å². The number of amides is 1. The number of carbonyl (C=O) groups is 1. The van der Waals surface area contributed by atoms with Gasteiger partial charge in [-0.1, -0.05) is 44.2 Å². The van der Waals surface area contributed by atoms with Gasteiger partial charge >= 0.3 is 0 Å². The SMILES string of the molecule is CC(C)c1ccc(C(NC(=O)C2CCCNC2)c2cccs2)cc1. The molecular formula is C20H26N2OS. The maximum absolute atomic E-state index is 12.7. The first kappa shape index (κ1) is 17.2. The molecule has 0 radical (unpaired) electrons. The van der Waals surface area contributed by atoms with E-state index in [0.29, 0.717) is 5.92 Å². The van der Waals surface area contributed by atoms with Crippen LogP contribution in [0.2, 0.25) is 0 Å². The van der Waals surface area contributed by atoms with E-state index >= 15 is 0 Å². The highest BCUT2D eigenvalue weighted by molar-refractivity contribution is 7.10.